The number of carbonyl (C=O) groups is 3. The quantitative estimate of drug-likeness (QED) is 0.786. The van der Waals surface area contributed by atoms with Crippen LogP contribution in [0.25, 0.3) is 0 Å². The number of nitrogens with zero attached hydrogens (tertiary/aromatic N) is 1. The van der Waals surface area contributed by atoms with Gasteiger partial charge in [-0.25, -0.2) is 9.59 Å². The van der Waals surface area contributed by atoms with Gasteiger partial charge in [-0.15, -0.1) is 0 Å². The molecule has 0 saturated heterocycles. The van der Waals surface area contributed by atoms with E-state index in [2.05, 4.69) is 26.0 Å². The molecule has 114 valence electrons. The fraction of sp³-hybridized carbons (Fsp3) is 0.308. The number of urea groups is 1. The van der Waals surface area contributed by atoms with Gasteiger partial charge in [0, 0.05) is 11.0 Å². The van der Waals surface area contributed by atoms with Gasteiger partial charge in [0.1, 0.15) is 6.54 Å². The summed E-state index contributed by atoms with van der Waals surface area (Å²) in [5, 5.41) is 11.6. The zero-order valence-corrected chi connectivity index (χ0v) is 13.1. The van der Waals surface area contributed by atoms with Crippen LogP contribution < -0.4 is 5.32 Å². The summed E-state index contributed by atoms with van der Waals surface area (Å²) >= 11 is 3.19. The van der Waals surface area contributed by atoms with Crippen LogP contribution in [0.1, 0.15) is 17.3 Å². The number of benzene rings is 1. The molecule has 2 N–H and O–H groups in total. The molecule has 0 atom stereocenters. The predicted molar refractivity (Wildman–Crippen MR) is 79.4 cm³/mol. The number of carboxylic acid groups (broad SMARTS) is 1. The first-order chi connectivity index (χ1) is 9.90. The number of esters is 1. The summed E-state index contributed by atoms with van der Waals surface area (Å²) in [4.78, 5) is 35.7. The van der Waals surface area contributed by atoms with Crippen LogP contribution in [0.15, 0.2) is 22.7 Å². The number of amides is 2. The van der Waals surface area contributed by atoms with Crippen LogP contribution in [-0.4, -0.2) is 48.2 Å². The molecule has 21 heavy (non-hydrogen) atoms. The summed E-state index contributed by atoms with van der Waals surface area (Å²) in [5.41, 5.74) is 0.0881. The van der Waals surface area contributed by atoms with E-state index in [1.54, 1.807) is 19.1 Å². The van der Waals surface area contributed by atoms with Gasteiger partial charge in [-0.1, -0.05) is 6.07 Å². The van der Waals surface area contributed by atoms with Gasteiger partial charge >= 0.3 is 18.0 Å². The number of likely N-dealkylation sites (N-methyl/N-ethyl adjacent to an activating group) is 1. The monoisotopic (exact) mass is 358 g/mol. The highest BCUT2D eigenvalue weighted by Gasteiger charge is 2.20. The molecule has 0 heterocycles. The van der Waals surface area contributed by atoms with Gasteiger partial charge in [0.15, 0.2) is 0 Å². The molecular formula is C13H15BrN2O5. The van der Waals surface area contributed by atoms with Crippen molar-refractivity contribution in [3.8, 4) is 0 Å². The van der Waals surface area contributed by atoms with Crippen molar-refractivity contribution in [2.24, 2.45) is 0 Å². The van der Waals surface area contributed by atoms with Gasteiger partial charge in [-0.3, -0.25) is 4.79 Å². The van der Waals surface area contributed by atoms with E-state index < -0.39 is 18.0 Å². The maximum atomic E-state index is 12.1. The lowest BCUT2D eigenvalue weighted by Gasteiger charge is -2.21. The molecule has 0 unspecified atom stereocenters. The van der Waals surface area contributed by atoms with Crippen molar-refractivity contribution in [3.63, 3.8) is 0 Å². The fourth-order valence-electron chi connectivity index (χ4n) is 1.56. The third-order valence-corrected chi connectivity index (χ3v) is 3.35. The Balaban J connectivity index is 2.96. The Morgan fingerprint density at radius 1 is 1.38 bits per heavy atom. The largest absolute Gasteiger partial charge is 0.478 e. The van der Waals surface area contributed by atoms with Gasteiger partial charge in [-0.2, -0.15) is 0 Å². The minimum atomic E-state index is -1.16. The topological polar surface area (TPSA) is 95.9 Å². The van der Waals surface area contributed by atoms with E-state index in [0.29, 0.717) is 4.47 Å². The van der Waals surface area contributed by atoms with E-state index in [-0.39, 0.29) is 24.3 Å². The van der Waals surface area contributed by atoms with E-state index in [1.807, 2.05) is 0 Å². The van der Waals surface area contributed by atoms with E-state index in [1.165, 1.54) is 18.1 Å². The second-order valence-electron chi connectivity index (χ2n) is 3.99. The van der Waals surface area contributed by atoms with Gasteiger partial charge in [0.05, 0.1) is 18.4 Å². The molecule has 2 amide bonds. The fourth-order valence-corrected chi connectivity index (χ4v) is 2.03. The van der Waals surface area contributed by atoms with Gasteiger partial charge < -0.3 is 20.1 Å². The maximum Gasteiger partial charge on any atom is 0.337 e. The molecule has 0 aliphatic heterocycles. The molecule has 1 aromatic carbocycles. The highest BCUT2D eigenvalue weighted by atomic mass is 79.9. The summed E-state index contributed by atoms with van der Waals surface area (Å²) in [5.74, 6) is -1.72. The number of rotatable bonds is 5. The smallest absolute Gasteiger partial charge is 0.337 e. The molecule has 0 radical (unpaired) electrons. The lowest BCUT2D eigenvalue weighted by molar-refractivity contribution is -0.141. The lowest BCUT2D eigenvalue weighted by atomic mass is 10.2. The number of para-hydroxylation sites is 1. The van der Waals surface area contributed by atoms with Gasteiger partial charge in [0.25, 0.3) is 0 Å². The molecule has 0 aliphatic carbocycles. The zero-order chi connectivity index (χ0) is 16.0. The van der Waals surface area contributed by atoms with Crippen LogP contribution in [0.4, 0.5) is 10.5 Å². The van der Waals surface area contributed by atoms with Gasteiger partial charge in [-0.05, 0) is 35.0 Å². The summed E-state index contributed by atoms with van der Waals surface area (Å²) in [6.07, 6.45) is 0. The molecule has 0 spiro atoms. The molecule has 0 bridgehead atoms. The highest BCUT2D eigenvalue weighted by Crippen LogP contribution is 2.26. The maximum absolute atomic E-state index is 12.1. The molecule has 7 nitrogen and oxygen atoms in total. The van der Waals surface area contributed by atoms with Crippen LogP contribution in [0.5, 0.6) is 0 Å². The molecule has 0 saturated carbocycles. The van der Waals surface area contributed by atoms with Gasteiger partial charge in [0.2, 0.25) is 0 Å². The Morgan fingerprint density at radius 2 is 2.05 bits per heavy atom. The number of ether oxygens (including phenoxy) is 1. The third kappa shape index (κ3) is 4.45. The average Bonchev–Trinajstić information content (AvgIpc) is 2.45. The number of aromatic carboxylic acids is 1. The van der Waals surface area contributed by atoms with E-state index in [0.717, 1.165) is 0 Å². The second-order valence-corrected chi connectivity index (χ2v) is 4.84. The van der Waals surface area contributed by atoms with Crippen LogP contribution in [0, 0.1) is 0 Å². The summed E-state index contributed by atoms with van der Waals surface area (Å²) in [7, 11) is 1.23. The number of carbonyl (C=O) groups excluding carboxylic acids is 2. The first-order valence-corrected chi connectivity index (χ1v) is 6.84. The Morgan fingerprint density at radius 3 is 2.57 bits per heavy atom. The Labute approximate surface area is 130 Å². The predicted octanol–water partition coefficient (Wildman–Crippen LogP) is 2.17. The van der Waals surface area contributed by atoms with Crippen molar-refractivity contribution in [3.05, 3.63) is 28.2 Å². The number of methoxy groups -OCH3 is 1. The Bertz CT molecular complexity index is 561. The highest BCUT2D eigenvalue weighted by molar-refractivity contribution is 9.10. The minimum absolute atomic E-state index is 0.0492. The van der Waals surface area contributed by atoms with Crippen molar-refractivity contribution in [1.29, 1.82) is 0 Å². The van der Waals surface area contributed by atoms with E-state index in [4.69, 9.17) is 5.11 Å². The van der Waals surface area contributed by atoms with Crippen molar-refractivity contribution >= 4 is 39.6 Å². The first kappa shape index (κ1) is 17.0. The molecule has 0 aliphatic rings. The minimum Gasteiger partial charge on any atom is -0.478 e. The summed E-state index contributed by atoms with van der Waals surface area (Å²) < 4.78 is 4.94. The van der Waals surface area contributed by atoms with Crippen LogP contribution in [0.2, 0.25) is 0 Å². The zero-order valence-electron chi connectivity index (χ0n) is 11.6. The Kier molecular flexibility index (Phi) is 6.16. The molecule has 1 aromatic rings. The average molecular weight is 359 g/mol. The van der Waals surface area contributed by atoms with Crippen LogP contribution in [0.3, 0.4) is 0 Å². The van der Waals surface area contributed by atoms with Crippen LogP contribution >= 0.6 is 15.9 Å². The SMILES string of the molecule is CCN(CC(=O)OC)C(=O)Nc1c(Br)cccc1C(=O)O. The first-order valence-electron chi connectivity index (χ1n) is 6.05. The summed E-state index contributed by atoms with van der Waals surface area (Å²) in [6.45, 7) is 1.75. The molecule has 1 rings (SSSR count). The Hall–Kier alpha value is -2.09. The van der Waals surface area contributed by atoms with Crippen molar-refractivity contribution in [2.45, 2.75) is 6.92 Å². The molecule has 0 fully saturated rings. The van der Waals surface area contributed by atoms with Crippen molar-refractivity contribution in [1.82, 2.24) is 4.90 Å². The lowest BCUT2D eigenvalue weighted by Crippen LogP contribution is -2.39. The van der Waals surface area contributed by atoms with Crippen molar-refractivity contribution in [2.75, 3.05) is 25.5 Å². The number of anilines is 1. The second kappa shape index (κ2) is 7.63. The van der Waals surface area contributed by atoms with Crippen LogP contribution in [-0.2, 0) is 9.53 Å². The molecule has 0 aromatic heterocycles. The molecule has 8 heteroatoms. The number of hydrogen-bond donors (Lipinski definition) is 2. The number of carboxylic acids is 1. The number of halogens is 1. The number of hydrogen-bond acceptors (Lipinski definition) is 4. The van der Waals surface area contributed by atoms with E-state index in [9.17, 15) is 14.4 Å². The standard InChI is InChI=1S/C13H15BrN2O5/c1-3-16(7-10(17)21-2)13(20)15-11-8(12(18)19)5-4-6-9(11)14/h4-6H,3,7H2,1-2H3,(H,15,20)(H,18,19). The summed E-state index contributed by atoms with van der Waals surface area (Å²) in [6, 6.07) is 3.95. The third-order valence-electron chi connectivity index (χ3n) is 2.69. The normalized spacial score (nSPS) is 9.86. The molecular weight excluding hydrogens is 344 g/mol. The number of nitrogens with one attached hydrogen (secondary N) is 1. The van der Waals surface area contributed by atoms with Crippen molar-refractivity contribution < 1.29 is 24.2 Å². The van der Waals surface area contributed by atoms with E-state index >= 15 is 0 Å².